The van der Waals surface area contributed by atoms with Gasteiger partial charge in [0.1, 0.15) is 12.2 Å². The molecule has 2 saturated heterocycles. The summed E-state index contributed by atoms with van der Waals surface area (Å²) >= 11 is 3.42. The van der Waals surface area contributed by atoms with Crippen LogP contribution in [0.15, 0.2) is 0 Å². The van der Waals surface area contributed by atoms with Gasteiger partial charge in [-0.25, -0.2) is 0 Å². The van der Waals surface area contributed by atoms with Gasteiger partial charge in [0.15, 0.2) is 0 Å². The van der Waals surface area contributed by atoms with E-state index in [1.807, 2.05) is 0 Å². The molecule has 2 rings (SSSR count). The van der Waals surface area contributed by atoms with Crippen molar-refractivity contribution >= 4 is 35.3 Å². The predicted molar refractivity (Wildman–Crippen MR) is 147 cm³/mol. The van der Waals surface area contributed by atoms with Gasteiger partial charge in [0, 0.05) is 52.9 Å². The van der Waals surface area contributed by atoms with Gasteiger partial charge in [-0.1, -0.05) is 0 Å². The van der Waals surface area contributed by atoms with E-state index in [0.717, 1.165) is 24.3 Å². The summed E-state index contributed by atoms with van der Waals surface area (Å²) in [5.41, 5.74) is 0. The van der Waals surface area contributed by atoms with E-state index in [0.29, 0.717) is 51.1 Å². The number of hydrogen-bond donors (Lipinski definition) is 1. The third-order valence-electron chi connectivity index (χ3n) is 5.96. The van der Waals surface area contributed by atoms with E-state index in [-0.39, 0.29) is 30.1 Å². The summed E-state index contributed by atoms with van der Waals surface area (Å²) in [6.07, 6.45) is 1.01. The van der Waals surface area contributed by atoms with Crippen LogP contribution < -0.4 is 0 Å². The van der Waals surface area contributed by atoms with Gasteiger partial charge in [0.25, 0.3) is 11.8 Å². The van der Waals surface area contributed by atoms with Crippen LogP contribution in [0, 0.1) is 0 Å². The molecule has 0 aliphatic carbocycles. The zero-order valence-electron chi connectivity index (χ0n) is 23.6. The average molecular weight is 583 g/mol. The monoisotopic (exact) mass is 582 g/mol. The standard InChI is InChI=1S/C25H46N2O9S2/c1-24(22(29)26(3)4)33-13-20(14-34-24)31-9-7-11-37-17-19(28)18-38-12-8-10-32-21-15-35-25(2,36-16-21)23(30)27(5)6/h19-21,28H,7-18H2,1-6H3. The molecule has 0 spiro atoms. The number of hydrogen-bond acceptors (Lipinski definition) is 11. The summed E-state index contributed by atoms with van der Waals surface area (Å²) in [4.78, 5) is 27.2. The summed E-state index contributed by atoms with van der Waals surface area (Å²) in [7, 11) is 6.68. The molecule has 0 aromatic rings. The van der Waals surface area contributed by atoms with Crippen molar-refractivity contribution < 1.29 is 43.1 Å². The molecule has 0 radical (unpaired) electrons. The van der Waals surface area contributed by atoms with Crippen LogP contribution >= 0.6 is 23.5 Å². The van der Waals surface area contributed by atoms with E-state index < -0.39 is 11.6 Å². The lowest BCUT2D eigenvalue weighted by Crippen LogP contribution is -2.54. The van der Waals surface area contributed by atoms with Crippen molar-refractivity contribution in [2.45, 2.75) is 56.6 Å². The van der Waals surface area contributed by atoms with Crippen molar-refractivity contribution in [3.63, 3.8) is 0 Å². The first-order chi connectivity index (χ1) is 18.0. The summed E-state index contributed by atoms with van der Waals surface area (Å²) in [5, 5.41) is 10.2. The topological polar surface area (TPSA) is 116 Å². The van der Waals surface area contributed by atoms with E-state index in [1.54, 1.807) is 65.6 Å². The number of aliphatic hydroxyl groups excluding tert-OH is 1. The van der Waals surface area contributed by atoms with Gasteiger partial charge in [-0.3, -0.25) is 9.59 Å². The van der Waals surface area contributed by atoms with Crippen LogP contribution in [0.25, 0.3) is 0 Å². The SMILES string of the molecule is CN(C)C(=O)C1(C)OCC(OCCCSCC(O)CSCCCOC2COC(C)(C(=O)N(C)C)OC2)CO1. The molecule has 38 heavy (non-hydrogen) atoms. The van der Waals surface area contributed by atoms with E-state index in [1.165, 1.54) is 9.80 Å². The Balaban J connectivity index is 1.40. The first-order valence-electron chi connectivity index (χ1n) is 13.0. The van der Waals surface area contributed by atoms with Crippen LogP contribution in [-0.2, 0) is 38.0 Å². The predicted octanol–water partition coefficient (Wildman–Crippen LogP) is 1.07. The number of likely N-dealkylation sites (N-methyl/N-ethyl adjacent to an activating group) is 2. The summed E-state index contributed by atoms with van der Waals surface area (Å²) in [6, 6.07) is 0. The molecule has 13 heteroatoms. The van der Waals surface area contributed by atoms with Crippen LogP contribution in [0.5, 0.6) is 0 Å². The van der Waals surface area contributed by atoms with Gasteiger partial charge in [-0.2, -0.15) is 23.5 Å². The Kier molecular flexibility index (Phi) is 14.6. The maximum Gasteiger partial charge on any atom is 0.282 e. The number of thioether (sulfide) groups is 2. The van der Waals surface area contributed by atoms with E-state index in [2.05, 4.69) is 0 Å². The van der Waals surface area contributed by atoms with Crippen molar-refractivity contribution in [2.75, 3.05) is 90.8 Å². The van der Waals surface area contributed by atoms with E-state index in [9.17, 15) is 14.7 Å². The van der Waals surface area contributed by atoms with Gasteiger partial charge in [-0.15, -0.1) is 0 Å². The molecule has 2 aliphatic heterocycles. The highest BCUT2D eigenvalue weighted by molar-refractivity contribution is 8.00. The van der Waals surface area contributed by atoms with E-state index in [4.69, 9.17) is 28.4 Å². The Morgan fingerprint density at radius 1 is 0.789 bits per heavy atom. The second kappa shape index (κ2) is 16.6. The summed E-state index contributed by atoms with van der Waals surface area (Å²) in [6.45, 7) is 5.72. The molecule has 0 aromatic heterocycles. The maximum atomic E-state index is 12.1. The molecule has 222 valence electrons. The third-order valence-corrected chi connectivity index (χ3v) is 8.36. The number of carbonyl (C=O) groups is 2. The number of carbonyl (C=O) groups excluding carboxylic acids is 2. The van der Waals surface area contributed by atoms with Crippen molar-refractivity contribution in [1.29, 1.82) is 0 Å². The molecule has 2 fully saturated rings. The second-order valence-corrected chi connectivity index (χ2v) is 12.3. The molecule has 0 saturated carbocycles. The fraction of sp³-hybridized carbons (Fsp3) is 0.920. The van der Waals surface area contributed by atoms with Crippen LogP contribution in [0.1, 0.15) is 26.7 Å². The maximum absolute atomic E-state index is 12.1. The molecule has 0 unspecified atom stereocenters. The molecule has 11 nitrogen and oxygen atoms in total. The Hall–Kier alpha value is -0.640. The van der Waals surface area contributed by atoms with Crippen LogP contribution in [-0.4, -0.2) is 147 Å². The molecule has 2 amide bonds. The number of ether oxygens (including phenoxy) is 6. The zero-order chi connectivity index (χ0) is 28.2. The Morgan fingerprint density at radius 3 is 1.45 bits per heavy atom. The van der Waals surface area contributed by atoms with Crippen molar-refractivity contribution in [3.05, 3.63) is 0 Å². The smallest absolute Gasteiger partial charge is 0.282 e. The van der Waals surface area contributed by atoms with Crippen LogP contribution in [0.2, 0.25) is 0 Å². The zero-order valence-corrected chi connectivity index (χ0v) is 25.3. The van der Waals surface area contributed by atoms with Crippen LogP contribution in [0.3, 0.4) is 0 Å². The highest BCUT2D eigenvalue weighted by atomic mass is 32.2. The number of nitrogens with zero attached hydrogens (tertiary/aromatic N) is 2. The minimum Gasteiger partial charge on any atom is -0.391 e. The van der Waals surface area contributed by atoms with Crippen molar-refractivity contribution in [3.8, 4) is 0 Å². The highest BCUT2D eigenvalue weighted by Gasteiger charge is 2.42. The largest absolute Gasteiger partial charge is 0.391 e. The molecule has 0 aromatic carbocycles. The normalized spacial score (nSPS) is 28.6. The summed E-state index contributed by atoms with van der Waals surface area (Å²) in [5.74, 6) is 0.247. The van der Waals surface area contributed by atoms with Gasteiger partial charge < -0.3 is 43.3 Å². The third kappa shape index (κ3) is 11.1. The molecular weight excluding hydrogens is 536 g/mol. The molecule has 2 heterocycles. The molecule has 0 atom stereocenters. The minimum atomic E-state index is -1.24. The average Bonchev–Trinajstić information content (AvgIpc) is 2.89. The van der Waals surface area contributed by atoms with Crippen molar-refractivity contribution in [2.24, 2.45) is 0 Å². The van der Waals surface area contributed by atoms with Crippen molar-refractivity contribution in [1.82, 2.24) is 9.80 Å². The van der Waals surface area contributed by atoms with Gasteiger partial charge in [-0.05, 0) is 38.2 Å². The van der Waals surface area contributed by atoms with Gasteiger partial charge >= 0.3 is 0 Å². The highest BCUT2D eigenvalue weighted by Crippen LogP contribution is 2.23. The summed E-state index contributed by atoms with van der Waals surface area (Å²) < 4.78 is 34.1. The number of rotatable bonds is 16. The number of amides is 2. The molecule has 0 bridgehead atoms. The van der Waals surface area contributed by atoms with E-state index >= 15 is 0 Å². The Labute approximate surface area is 235 Å². The van der Waals surface area contributed by atoms with Gasteiger partial charge in [0.2, 0.25) is 11.6 Å². The van der Waals surface area contributed by atoms with Gasteiger partial charge in [0.05, 0.1) is 32.5 Å². The Morgan fingerprint density at radius 2 is 1.13 bits per heavy atom. The van der Waals surface area contributed by atoms with Crippen LogP contribution in [0.4, 0.5) is 0 Å². The lowest BCUT2D eigenvalue weighted by Gasteiger charge is -2.37. The molecular formula is C25H46N2O9S2. The first-order valence-corrected chi connectivity index (χ1v) is 15.3. The quantitative estimate of drug-likeness (QED) is 0.264. The fourth-order valence-corrected chi connectivity index (χ4v) is 5.65. The minimum absolute atomic E-state index is 0.181. The molecule has 1 N–H and O–H groups in total. The first kappa shape index (κ1) is 33.6. The lowest BCUT2D eigenvalue weighted by molar-refractivity contribution is -0.278. The molecule has 2 aliphatic rings. The lowest BCUT2D eigenvalue weighted by atomic mass is 10.2. The number of aliphatic hydroxyl groups is 1. The fourth-order valence-electron chi connectivity index (χ4n) is 3.75. The second-order valence-electron chi connectivity index (χ2n) is 10.0. The Bertz CT molecular complexity index is 655.